The van der Waals surface area contributed by atoms with Crippen LogP contribution in [-0.4, -0.2) is 56.3 Å². The Morgan fingerprint density at radius 1 is 1.19 bits per heavy atom. The zero-order valence-corrected chi connectivity index (χ0v) is 14.7. The predicted molar refractivity (Wildman–Crippen MR) is 86.9 cm³/mol. The number of rotatable bonds is 7. The summed E-state index contributed by atoms with van der Waals surface area (Å²) in [5.74, 6) is 0. The van der Waals surface area contributed by atoms with Crippen LogP contribution in [-0.2, 0) is 10.0 Å². The van der Waals surface area contributed by atoms with Gasteiger partial charge in [-0.05, 0) is 52.5 Å². The van der Waals surface area contributed by atoms with Crippen molar-refractivity contribution in [3.05, 3.63) is 0 Å². The molecule has 0 saturated carbocycles. The highest BCUT2D eigenvalue weighted by molar-refractivity contribution is 7.88. The second-order valence-electron chi connectivity index (χ2n) is 7.44. The Morgan fingerprint density at radius 3 is 2.24 bits per heavy atom. The van der Waals surface area contributed by atoms with Crippen LogP contribution in [0, 0.1) is 0 Å². The maximum atomic E-state index is 11.5. The quantitative estimate of drug-likeness (QED) is 0.743. The third-order valence-electron chi connectivity index (χ3n) is 4.61. The van der Waals surface area contributed by atoms with Crippen molar-refractivity contribution in [2.24, 2.45) is 0 Å². The average Bonchev–Trinajstić information content (AvgIpc) is 2.57. The number of piperidine rings is 1. The van der Waals surface area contributed by atoms with Crippen LogP contribution in [0.15, 0.2) is 0 Å². The Kier molecular flexibility index (Phi) is 5.34. The van der Waals surface area contributed by atoms with Crippen LogP contribution in [0.1, 0.15) is 52.9 Å². The van der Waals surface area contributed by atoms with Gasteiger partial charge in [-0.2, -0.15) is 0 Å². The molecule has 2 aliphatic heterocycles. The largest absolute Gasteiger partial charge is 0.314 e. The lowest BCUT2D eigenvalue weighted by Gasteiger charge is -2.43. The standard InChI is InChI=1S/C15H31N3O2S/c1-5-8-16-12-9-13-6-7-14(10-12)18(13)11-15(2,3)17-21(4,19)20/h12-14,16-17H,5-11H2,1-4H3. The molecule has 0 aromatic heterocycles. The van der Waals surface area contributed by atoms with Crippen molar-refractivity contribution in [1.82, 2.24) is 14.9 Å². The molecule has 0 spiro atoms. The second-order valence-corrected chi connectivity index (χ2v) is 9.19. The van der Waals surface area contributed by atoms with Crippen LogP contribution >= 0.6 is 0 Å². The minimum atomic E-state index is -3.16. The molecule has 0 aromatic rings. The molecule has 2 unspecified atom stereocenters. The molecule has 2 aliphatic rings. The van der Waals surface area contributed by atoms with Crippen molar-refractivity contribution in [1.29, 1.82) is 0 Å². The Labute approximate surface area is 129 Å². The number of sulfonamides is 1. The summed E-state index contributed by atoms with van der Waals surface area (Å²) in [6.07, 6.45) is 7.33. The molecule has 2 bridgehead atoms. The monoisotopic (exact) mass is 317 g/mol. The fourth-order valence-electron chi connectivity index (χ4n) is 4.04. The van der Waals surface area contributed by atoms with Gasteiger partial charge in [0.2, 0.25) is 10.0 Å². The molecule has 2 rings (SSSR count). The van der Waals surface area contributed by atoms with Crippen LogP contribution < -0.4 is 10.0 Å². The predicted octanol–water partition coefficient (Wildman–Crippen LogP) is 1.31. The number of hydrogen-bond acceptors (Lipinski definition) is 4. The van der Waals surface area contributed by atoms with Gasteiger partial charge < -0.3 is 5.32 Å². The maximum absolute atomic E-state index is 11.5. The van der Waals surface area contributed by atoms with E-state index in [1.807, 2.05) is 13.8 Å². The van der Waals surface area contributed by atoms with Crippen LogP contribution in [0.25, 0.3) is 0 Å². The molecule has 0 aromatic carbocycles. The van der Waals surface area contributed by atoms with Crippen LogP contribution in [0.5, 0.6) is 0 Å². The van der Waals surface area contributed by atoms with Gasteiger partial charge >= 0.3 is 0 Å². The Hall–Kier alpha value is -0.170. The minimum absolute atomic E-state index is 0.405. The zero-order valence-electron chi connectivity index (χ0n) is 13.9. The van der Waals surface area contributed by atoms with Crippen molar-refractivity contribution >= 4 is 10.0 Å². The maximum Gasteiger partial charge on any atom is 0.209 e. The van der Waals surface area contributed by atoms with Crippen molar-refractivity contribution in [3.63, 3.8) is 0 Å². The van der Waals surface area contributed by atoms with E-state index in [0.717, 1.165) is 13.1 Å². The first kappa shape index (κ1) is 17.2. The summed E-state index contributed by atoms with van der Waals surface area (Å²) in [7, 11) is -3.16. The first-order valence-corrected chi connectivity index (χ1v) is 10.1. The molecule has 2 saturated heterocycles. The minimum Gasteiger partial charge on any atom is -0.314 e. The SMILES string of the molecule is CCCNC1CC2CCC(C1)N2CC(C)(C)NS(C)(=O)=O. The van der Waals surface area contributed by atoms with Gasteiger partial charge in [0.05, 0.1) is 6.26 Å². The summed E-state index contributed by atoms with van der Waals surface area (Å²) in [4.78, 5) is 2.54. The highest BCUT2D eigenvalue weighted by atomic mass is 32.2. The number of nitrogens with one attached hydrogen (secondary N) is 2. The second kappa shape index (κ2) is 6.52. The Bertz CT molecular complexity index is 436. The molecule has 2 fully saturated rings. The van der Waals surface area contributed by atoms with E-state index in [-0.39, 0.29) is 0 Å². The summed E-state index contributed by atoms with van der Waals surface area (Å²) in [6.45, 7) is 8.07. The normalized spacial score (nSPS) is 30.8. The third kappa shape index (κ3) is 4.91. The van der Waals surface area contributed by atoms with Gasteiger partial charge in [-0.25, -0.2) is 13.1 Å². The molecule has 6 heteroatoms. The average molecular weight is 317 g/mol. The fraction of sp³-hybridized carbons (Fsp3) is 1.00. The van der Waals surface area contributed by atoms with E-state index in [4.69, 9.17) is 0 Å². The summed E-state index contributed by atoms with van der Waals surface area (Å²) >= 11 is 0. The van der Waals surface area contributed by atoms with Gasteiger partial charge in [-0.1, -0.05) is 6.92 Å². The Morgan fingerprint density at radius 2 is 1.76 bits per heavy atom. The first-order valence-electron chi connectivity index (χ1n) is 8.18. The summed E-state index contributed by atoms with van der Waals surface area (Å²) in [5, 5.41) is 3.66. The smallest absolute Gasteiger partial charge is 0.209 e. The first-order chi connectivity index (χ1) is 9.70. The lowest BCUT2D eigenvalue weighted by molar-refractivity contribution is 0.0925. The zero-order chi connectivity index (χ0) is 15.7. The van der Waals surface area contributed by atoms with Crippen LogP contribution in [0.4, 0.5) is 0 Å². The summed E-state index contributed by atoms with van der Waals surface area (Å²) < 4.78 is 25.8. The number of fused-ring (bicyclic) bond motifs is 2. The van der Waals surface area contributed by atoms with E-state index < -0.39 is 15.6 Å². The van der Waals surface area contributed by atoms with E-state index >= 15 is 0 Å². The Balaban J connectivity index is 1.94. The van der Waals surface area contributed by atoms with Crippen molar-refractivity contribution in [2.45, 2.75) is 76.5 Å². The molecule has 0 radical (unpaired) electrons. The summed E-state index contributed by atoms with van der Waals surface area (Å²) in [5.41, 5.74) is -0.405. The van der Waals surface area contributed by atoms with Gasteiger partial charge in [0, 0.05) is 30.2 Å². The van der Waals surface area contributed by atoms with Gasteiger partial charge in [-0.3, -0.25) is 4.90 Å². The molecule has 5 nitrogen and oxygen atoms in total. The molecule has 21 heavy (non-hydrogen) atoms. The number of nitrogens with zero attached hydrogens (tertiary/aromatic N) is 1. The highest BCUT2D eigenvalue weighted by Crippen LogP contribution is 2.36. The molecule has 2 N–H and O–H groups in total. The van der Waals surface area contributed by atoms with Gasteiger partial charge in [0.15, 0.2) is 0 Å². The van der Waals surface area contributed by atoms with E-state index in [0.29, 0.717) is 18.1 Å². The third-order valence-corrected chi connectivity index (χ3v) is 5.53. The molecule has 0 aliphatic carbocycles. The summed E-state index contributed by atoms with van der Waals surface area (Å²) in [6, 6.07) is 1.86. The molecular formula is C15H31N3O2S. The van der Waals surface area contributed by atoms with E-state index in [1.54, 1.807) is 0 Å². The van der Waals surface area contributed by atoms with Crippen LogP contribution in [0.2, 0.25) is 0 Å². The van der Waals surface area contributed by atoms with Crippen molar-refractivity contribution in [2.75, 3.05) is 19.3 Å². The van der Waals surface area contributed by atoms with E-state index in [2.05, 4.69) is 21.9 Å². The van der Waals surface area contributed by atoms with Crippen LogP contribution in [0.3, 0.4) is 0 Å². The topological polar surface area (TPSA) is 61.4 Å². The van der Waals surface area contributed by atoms with Gasteiger partial charge in [-0.15, -0.1) is 0 Å². The molecule has 0 amide bonds. The molecule has 124 valence electrons. The molecular weight excluding hydrogens is 286 g/mol. The van der Waals surface area contributed by atoms with Gasteiger partial charge in [0.1, 0.15) is 0 Å². The lowest BCUT2D eigenvalue weighted by Crippen LogP contribution is -2.57. The number of hydrogen-bond donors (Lipinski definition) is 2. The highest BCUT2D eigenvalue weighted by Gasteiger charge is 2.42. The van der Waals surface area contributed by atoms with Gasteiger partial charge in [0.25, 0.3) is 0 Å². The fourth-order valence-corrected chi connectivity index (χ4v) is 5.11. The van der Waals surface area contributed by atoms with Crippen molar-refractivity contribution < 1.29 is 8.42 Å². The van der Waals surface area contributed by atoms with E-state index in [1.165, 1.54) is 38.4 Å². The molecule has 2 heterocycles. The molecule has 2 atom stereocenters. The van der Waals surface area contributed by atoms with Crippen molar-refractivity contribution in [3.8, 4) is 0 Å². The lowest BCUT2D eigenvalue weighted by atomic mass is 9.94. The van der Waals surface area contributed by atoms with E-state index in [9.17, 15) is 8.42 Å².